The van der Waals surface area contributed by atoms with Crippen LogP contribution in [-0.2, 0) is 0 Å². The predicted octanol–water partition coefficient (Wildman–Crippen LogP) is -1.09. The lowest BCUT2D eigenvalue weighted by molar-refractivity contribution is 0.0922. The van der Waals surface area contributed by atoms with Crippen LogP contribution >= 0.6 is 11.6 Å². The van der Waals surface area contributed by atoms with Crippen molar-refractivity contribution in [2.75, 3.05) is 4.90 Å². The molecule has 9 heteroatoms. The highest BCUT2D eigenvalue weighted by Gasteiger charge is 2.40. The third kappa shape index (κ3) is 1.80. The van der Waals surface area contributed by atoms with Crippen molar-refractivity contribution >= 4 is 56.1 Å². The molecule has 6 nitrogen and oxygen atoms in total. The number of halogens is 1. The van der Waals surface area contributed by atoms with Crippen LogP contribution in [0.1, 0.15) is 21.0 Å². The quantitative estimate of drug-likeness (QED) is 0.490. The lowest BCUT2D eigenvalue weighted by Gasteiger charge is -2.11. The lowest BCUT2D eigenvalue weighted by atomic mass is 9.90. The SMILES string of the molecule is [B]c1nc2c(nc1[B])C(=O)N(c1ccc(Cl)cn1)C2=O. The van der Waals surface area contributed by atoms with E-state index in [1.807, 2.05) is 0 Å². The number of nitrogens with zero attached hydrogens (tertiary/aromatic N) is 4. The molecule has 1 aliphatic rings. The van der Waals surface area contributed by atoms with Gasteiger partial charge in [0.15, 0.2) is 11.4 Å². The second kappa shape index (κ2) is 4.42. The maximum Gasteiger partial charge on any atom is 0.287 e. The monoisotopic (exact) mass is 280 g/mol. The number of anilines is 1. The average Bonchev–Trinajstić information content (AvgIpc) is 2.65. The highest BCUT2D eigenvalue weighted by Crippen LogP contribution is 2.24. The van der Waals surface area contributed by atoms with Crippen LogP contribution in [0.3, 0.4) is 0 Å². The Morgan fingerprint density at radius 1 is 1.00 bits per heavy atom. The molecule has 0 N–H and O–H groups in total. The molecule has 1 aliphatic heterocycles. The van der Waals surface area contributed by atoms with Gasteiger partial charge in [-0.15, -0.1) is 0 Å². The van der Waals surface area contributed by atoms with Gasteiger partial charge in [0.1, 0.15) is 21.5 Å². The van der Waals surface area contributed by atoms with E-state index in [0.29, 0.717) is 5.02 Å². The first-order valence-corrected chi connectivity index (χ1v) is 5.80. The molecule has 2 aromatic rings. The Labute approximate surface area is 121 Å². The summed E-state index contributed by atoms with van der Waals surface area (Å²) < 4.78 is 0. The van der Waals surface area contributed by atoms with Gasteiger partial charge in [0.2, 0.25) is 0 Å². The van der Waals surface area contributed by atoms with Gasteiger partial charge >= 0.3 is 0 Å². The Morgan fingerprint density at radius 2 is 1.55 bits per heavy atom. The van der Waals surface area contributed by atoms with Crippen LogP contribution in [0, 0.1) is 0 Å². The number of carbonyl (C=O) groups excluding carboxylic acids is 2. The summed E-state index contributed by atoms with van der Waals surface area (Å²) in [6.45, 7) is 0. The summed E-state index contributed by atoms with van der Waals surface area (Å²) in [6, 6.07) is 2.95. The van der Waals surface area contributed by atoms with E-state index in [1.165, 1.54) is 18.3 Å². The fourth-order valence-electron chi connectivity index (χ4n) is 1.77. The molecule has 2 aromatic heterocycles. The molecule has 0 bridgehead atoms. The first-order valence-electron chi connectivity index (χ1n) is 5.42. The zero-order valence-corrected chi connectivity index (χ0v) is 10.6. The Bertz CT molecular complexity index is 710. The molecule has 2 amide bonds. The molecule has 0 aromatic carbocycles. The third-order valence-electron chi connectivity index (χ3n) is 2.70. The smallest absolute Gasteiger partial charge is 0.266 e. The van der Waals surface area contributed by atoms with Gasteiger partial charge in [-0.1, -0.05) is 11.6 Å². The molecule has 4 radical (unpaired) electrons. The van der Waals surface area contributed by atoms with E-state index in [9.17, 15) is 9.59 Å². The highest BCUT2D eigenvalue weighted by molar-refractivity contribution is 6.47. The Kier molecular flexibility index (Phi) is 2.83. The molecule has 0 saturated heterocycles. The summed E-state index contributed by atoms with van der Waals surface area (Å²) >= 11 is 5.71. The zero-order valence-electron chi connectivity index (χ0n) is 9.87. The van der Waals surface area contributed by atoms with Crippen molar-refractivity contribution in [3.8, 4) is 0 Å². The zero-order chi connectivity index (χ0) is 14.4. The van der Waals surface area contributed by atoms with Gasteiger partial charge in [-0.3, -0.25) is 19.6 Å². The Morgan fingerprint density at radius 3 is 2.00 bits per heavy atom. The molecular weight excluding hydrogens is 277 g/mol. The number of hydrogen-bond acceptors (Lipinski definition) is 5. The lowest BCUT2D eigenvalue weighted by Crippen LogP contribution is -2.34. The van der Waals surface area contributed by atoms with Crippen molar-refractivity contribution in [1.29, 1.82) is 0 Å². The van der Waals surface area contributed by atoms with E-state index in [2.05, 4.69) is 15.0 Å². The summed E-state index contributed by atoms with van der Waals surface area (Å²) in [5.41, 5.74) is -0.483. The summed E-state index contributed by atoms with van der Waals surface area (Å²) in [7, 11) is 11.0. The molecular formula is C11H3B2ClN4O2. The Hall–Kier alpha value is -2.21. The molecule has 20 heavy (non-hydrogen) atoms. The van der Waals surface area contributed by atoms with Crippen molar-refractivity contribution in [2.24, 2.45) is 0 Å². The first-order chi connectivity index (χ1) is 9.49. The van der Waals surface area contributed by atoms with Gasteiger partial charge in [-0.2, -0.15) is 0 Å². The number of hydrogen-bond donors (Lipinski definition) is 0. The second-order valence-corrected chi connectivity index (χ2v) is 4.41. The van der Waals surface area contributed by atoms with Crippen LogP contribution in [0.25, 0.3) is 0 Å². The fourth-order valence-corrected chi connectivity index (χ4v) is 1.88. The molecule has 0 spiro atoms. The van der Waals surface area contributed by atoms with Crippen molar-refractivity contribution in [2.45, 2.75) is 0 Å². The van der Waals surface area contributed by atoms with E-state index in [4.69, 9.17) is 27.3 Å². The topological polar surface area (TPSA) is 76.1 Å². The minimum Gasteiger partial charge on any atom is -0.266 e. The number of fused-ring (bicyclic) bond motifs is 1. The number of imide groups is 1. The van der Waals surface area contributed by atoms with Crippen LogP contribution in [0.4, 0.5) is 5.82 Å². The van der Waals surface area contributed by atoms with Gasteiger partial charge < -0.3 is 0 Å². The minimum atomic E-state index is -0.654. The van der Waals surface area contributed by atoms with Gasteiger partial charge in [0.05, 0.1) is 5.02 Å². The molecule has 3 rings (SSSR count). The summed E-state index contributed by atoms with van der Waals surface area (Å²) in [4.78, 5) is 36.8. The number of aromatic nitrogens is 3. The van der Waals surface area contributed by atoms with E-state index in [1.54, 1.807) is 0 Å². The summed E-state index contributed by atoms with van der Waals surface area (Å²) in [5.74, 6) is -1.18. The number of carbonyl (C=O) groups is 2. The molecule has 0 saturated carbocycles. The number of rotatable bonds is 1. The van der Waals surface area contributed by atoms with Crippen LogP contribution in [0.15, 0.2) is 18.3 Å². The predicted molar refractivity (Wildman–Crippen MR) is 73.2 cm³/mol. The first kappa shape index (κ1) is 12.8. The van der Waals surface area contributed by atoms with E-state index < -0.39 is 11.8 Å². The van der Waals surface area contributed by atoms with Gasteiger partial charge in [0, 0.05) is 6.20 Å². The van der Waals surface area contributed by atoms with Crippen LogP contribution in [0.2, 0.25) is 5.02 Å². The molecule has 0 atom stereocenters. The van der Waals surface area contributed by atoms with Gasteiger partial charge in [-0.05, 0) is 23.3 Å². The van der Waals surface area contributed by atoms with Crippen molar-refractivity contribution in [1.82, 2.24) is 15.0 Å². The average molecular weight is 280 g/mol. The summed E-state index contributed by atoms with van der Waals surface area (Å²) in [6.07, 6.45) is 1.32. The normalized spacial score (nSPS) is 13.8. The molecule has 0 unspecified atom stereocenters. The molecule has 92 valence electrons. The molecule has 0 fully saturated rings. The number of amides is 2. The highest BCUT2D eigenvalue weighted by atomic mass is 35.5. The van der Waals surface area contributed by atoms with E-state index in [0.717, 1.165) is 4.90 Å². The van der Waals surface area contributed by atoms with Crippen LogP contribution < -0.4 is 16.1 Å². The van der Waals surface area contributed by atoms with Gasteiger partial charge in [-0.25, -0.2) is 9.88 Å². The van der Waals surface area contributed by atoms with Crippen molar-refractivity contribution < 1.29 is 9.59 Å². The van der Waals surface area contributed by atoms with Crippen LogP contribution in [0.5, 0.6) is 0 Å². The molecule has 3 heterocycles. The standard InChI is InChI=1S/C11H3B2ClN4O2/c12-8-9(13)17-7-6(16-8)10(19)18(11(7)20)5-2-1-4(14)3-15-5/h1-3H. The summed E-state index contributed by atoms with van der Waals surface area (Å²) in [5, 5.41) is 0.384. The minimum absolute atomic E-state index is 0.101. The number of pyridine rings is 1. The van der Waals surface area contributed by atoms with Crippen LogP contribution in [-0.4, -0.2) is 42.5 Å². The second-order valence-electron chi connectivity index (χ2n) is 3.97. The maximum absolute atomic E-state index is 12.2. The fraction of sp³-hybridized carbons (Fsp3) is 0. The van der Waals surface area contributed by atoms with Crippen molar-refractivity contribution in [3.63, 3.8) is 0 Å². The maximum atomic E-state index is 12.2. The third-order valence-corrected chi connectivity index (χ3v) is 2.93. The van der Waals surface area contributed by atoms with E-state index >= 15 is 0 Å². The largest absolute Gasteiger partial charge is 0.287 e. The molecule has 0 aliphatic carbocycles. The van der Waals surface area contributed by atoms with E-state index in [-0.39, 0.29) is 28.4 Å². The van der Waals surface area contributed by atoms with Gasteiger partial charge in [0.25, 0.3) is 11.8 Å². The van der Waals surface area contributed by atoms with Crippen molar-refractivity contribution in [3.05, 3.63) is 34.7 Å². The Balaban J connectivity index is 2.12.